The van der Waals surface area contributed by atoms with Gasteiger partial charge >= 0.3 is 35.8 Å². The lowest BCUT2D eigenvalue weighted by atomic mass is 10.1. The van der Waals surface area contributed by atoms with E-state index < -0.39 is 36.6 Å². The van der Waals surface area contributed by atoms with Crippen LogP contribution in [0.5, 0.6) is 40.2 Å². The van der Waals surface area contributed by atoms with Gasteiger partial charge in [-0.05, 0) is 243 Å². The van der Waals surface area contributed by atoms with E-state index >= 15 is 0 Å². The Bertz CT molecular complexity index is 7850. The van der Waals surface area contributed by atoms with E-state index in [9.17, 15) is 28.8 Å². The maximum absolute atomic E-state index is 11.9. The Labute approximate surface area is 858 Å². The lowest BCUT2D eigenvalue weighted by Gasteiger charge is -2.21. The standard InChI is InChI=1S/C26H21O6S.C26H27O4S.2C24H21O3S.C22H17O3S/c27-25-21(10-12-29-25)31-16-6-8-23-19(14-16)20-15-17(32-22-11-13-30-26(22)28)7-9-24(20)33(23)18-4-2-1-3-5-18;1-26(2,3)30-20-11-15-23(16-12-20)31(21-7-5-4-6-8-21)22-13-9-19(10-14-22)29-24-17-18-28-25(24)27;1-15-3-9-22-19(13-15)20-14-16(2)4-10-23(20)28(22)18-7-5-17(6-8-18)27-21-11-12-26-24(21)25;1-15-5-3-7-19-20-8-4-6-16(2)23(20)28(22(15)19)18-11-9-17(10-12-18)27-21-13-14-26-24(21)25;23-22-19(13-14-24-22)25-15-9-11-16(12-10-15)26-20-7-3-1-5-17(20)18-6-2-4-8-21(18)26/h1-9,14-15,21-22H,10-13H2;4-16,24H,17-18H2,1-3H3;3-10,13-14,21H,11-12H2,1-2H3;3-12,21H,13-14H2,1-2H3;1-12,19H,13-14H2/q5*+1. The number of thiophene rings is 4. The van der Waals surface area contributed by atoms with E-state index in [2.05, 4.69) is 258 Å². The summed E-state index contributed by atoms with van der Waals surface area (Å²) in [6.07, 6.45) is 0.465. The molecule has 734 valence electrons. The highest BCUT2D eigenvalue weighted by Crippen LogP contribution is 2.55. The minimum Gasteiger partial charge on any atom is -0.488 e. The van der Waals surface area contributed by atoms with E-state index in [1.165, 1.54) is 126 Å². The molecule has 19 nitrogen and oxygen atoms in total. The molecule has 0 aliphatic carbocycles. The number of carbonyl (C=O) groups excluding carboxylic acids is 6. The number of cyclic esters (lactones) is 6. The average molecular weight is 2040 g/mol. The molecule has 0 bridgehead atoms. The molecule has 19 aromatic rings. The fraction of sp³-hybridized carbons (Fsp3) is 0.213. The molecule has 10 heterocycles. The number of benzene rings is 15. The SMILES string of the molecule is CC(C)(C)Oc1ccc([S+](c2ccccc2)c2ccc(OC3CCOC3=O)cc2)cc1.Cc1ccc2c(c1)c1cc(C)ccc1[s+]2-c1ccc(OC2CCOC2=O)cc1.Cc1cccc2c3cccc(C)c3[s+](-c3ccc(OC4CCOC4=O)cc3)c12.O=C1OCCC1Oc1ccc(-[s+]2c3ccccc3c3ccccc32)cc1.O=C1OCCC1Oc1ccc2c(c1)c1cc(OC3CCOC3=O)ccc1[s+]2-c1ccccc1. The number of hydrogen-bond donors (Lipinski definition) is 0. The summed E-state index contributed by atoms with van der Waals surface area (Å²) in [4.78, 5) is 79.0. The predicted octanol–water partition coefficient (Wildman–Crippen LogP) is 28.3. The molecule has 0 radical (unpaired) electrons. The van der Waals surface area contributed by atoms with Gasteiger partial charge in [-0.25, -0.2) is 28.8 Å². The molecule has 0 N–H and O–H groups in total. The molecule has 6 saturated heterocycles. The second-order valence-corrected chi connectivity index (χ2v) is 47.1. The number of fused-ring (bicyclic) bond motifs is 12. The molecule has 146 heavy (non-hydrogen) atoms. The number of carbonyl (C=O) groups is 6. The van der Waals surface area contributed by atoms with E-state index in [0.717, 1.165) is 16.5 Å². The van der Waals surface area contributed by atoms with Crippen LogP contribution in [-0.2, 0) is 68.1 Å². The van der Waals surface area contributed by atoms with Crippen molar-refractivity contribution in [1.29, 1.82) is 0 Å². The van der Waals surface area contributed by atoms with Crippen molar-refractivity contribution in [3.8, 4) is 59.8 Å². The molecule has 4 aromatic heterocycles. The maximum Gasteiger partial charge on any atom is 0.347 e. The van der Waals surface area contributed by atoms with Gasteiger partial charge in [0, 0.05) is 172 Å². The summed E-state index contributed by atoms with van der Waals surface area (Å²) in [7, 11) is -0.902. The molecule has 0 spiro atoms. The molecule has 15 aromatic carbocycles. The molecular formula is C122H107O19S5+5. The molecule has 24 heteroatoms. The zero-order valence-electron chi connectivity index (χ0n) is 81.6. The van der Waals surface area contributed by atoms with Crippen molar-refractivity contribution in [2.45, 2.75) is 144 Å². The Morgan fingerprint density at radius 1 is 0.240 bits per heavy atom. The third kappa shape index (κ3) is 20.9. The molecule has 6 fully saturated rings. The smallest absolute Gasteiger partial charge is 0.347 e. The zero-order valence-corrected chi connectivity index (χ0v) is 85.7. The maximum atomic E-state index is 11.9. The summed E-state index contributed by atoms with van der Waals surface area (Å²) < 4.78 is 81.8. The first-order chi connectivity index (χ1) is 71.1. The quantitative estimate of drug-likeness (QED) is 0.0393. The molecule has 7 atom stereocenters. The minimum absolute atomic E-state index is 0.107. The van der Waals surface area contributed by atoms with Gasteiger partial charge in [0.2, 0.25) is 0 Å². The first-order valence-corrected chi connectivity index (χ1v) is 55.1. The first-order valence-electron chi connectivity index (χ1n) is 49.0. The van der Waals surface area contributed by atoms with Crippen LogP contribution in [0.25, 0.3) is 100 Å². The summed E-state index contributed by atoms with van der Waals surface area (Å²) >= 11 is 0. The Balaban J connectivity index is 0.000000107. The van der Waals surface area contributed by atoms with E-state index in [0.29, 0.717) is 113 Å². The van der Waals surface area contributed by atoms with Gasteiger partial charge in [0.25, 0.3) is 0 Å². The highest BCUT2D eigenvalue weighted by Gasteiger charge is 2.39. The van der Waals surface area contributed by atoms with Crippen LogP contribution in [0, 0.1) is 27.7 Å². The van der Waals surface area contributed by atoms with E-state index in [1.54, 1.807) is 0 Å². The lowest BCUT2D eigenvalue weighted by Crippen LogP contribution is -2.22. The van der Waals surface area contributed by atoms with Crippen LogP contribution in [0.4, 0.5) is 0 Å². The Hall–Kier alpha value is -15.1. The van der Waals surface area contributed by atoms with Crippen molar-refractivity contribution < 1.29 is 90.3 Å². The Morgan fingerprint density at radius 2 is 0.500 bits per heavy atom. The van der Waals surface area contributed by atoms with Crippen LogP contribution in [0.3, 0.4) is 0 Å². The summed E-state index contributed by atoms with van der Waals surface area (Å²) in [5.74, 6) is 3.21. The topological polar surface area (TPSA) is 222 Å². The first kappa shape index (κ1) is 97.0. The lowest BCUT2D eigenvalue weighted by molar-refractivity contribution is -0.144. The van der Waals surface area contributed by atoms with Crippen LogP contribution in [0.15, 0.2) is 354 Å². The monoisotopic (exact) mass is 2040 g/mol. The average Bonchev–Trinajstić information content (AvgIpc) is 1.57. The zero-order chi connectivity index (χ0) is 100. The van der Waals surface area contributed by atoms with E-state index in [-0.39, 0.29) is 94.2 Å². The van der Waals surface area contributed by atoms with Gasteiger partial charge in [-0.3, -0.25) is 0 Å². The Kier molecular flexibility index (Phi) is 28.4. The third-order valence-electron chi connectivity index (χ3n) is 25.9. The van der Waals surface area contributed by atoms with Gasteiger partial charge in [0.05, 0.1) is 61.3 Å². The normalized spacial score (nSPS) is 17.7. The van der Waals surface area contributed by atoms with Crippen LogP contribution >= 0.6 is 41.9 Å². The number of esters is 6. The Morgan fingerprint density at radius 3 is 0.836 bits per heavy atom. The summed E-state index contributed by atoms with van der Waals surface area (Å²) in [5.41, 5.74) is 4.98. The van der Waals surface area contributed by atoms with Crippen LogP contribution < -0.4 is 33.2 Å². The second-order valence-electron chi connectivity index (χ2n) is 37.3. The number of ether oxygens (including phenoxy) is 13. The van der Waals surface area contributed by atoms with Gasteiger partial charge in [0.1, 0.15) is 45.8 Å². The minimum atomic E-state index is -0.570. The fourth-order valence-corrected chi connectivity index (χ4v) is 30.9. The fourth-order valence-electron chi connectivity index (χ4n) is 19.1. The number of aryl methyl sites for hydroxylation is 4. The van der Waals surface area contributed by atoms with Gasteiger partial charge in [-0.15, -0.1) is 0 Å². The second kappa shape index (κ2) is 42.7. The summed E-state index contributed by atoms with van der Waals surface area (Å²) in [6.45, 7) is 17.4. The van der Waals surface area contributed by atoms with Crippen molar-refractivity contribution in [3.63, 3.8) is 0 Å². The van der Waals surface area contributed by atoms with Gasteiger partial charge < -0.3 is 61.6 Å². The van der Waals surface area contributed by atoms with Crippen molar-refractivity contribution >= 4 is 169 Å². The molecule has 6 aliphatic rings. The van der Waals surface area contributed by atoms with Crippen molar-refractivity contribution in [1.82, 2.24) is 0 Å². The van der Waals surface area contributed by atoms with Gasteiger partial charge in [-0.1, -0.05) is 108 Å². The molecule has 0 amide bonds. The van der Waals surface area contributed by atoms with Gasteiger partial charge in [0.15, 0.2) is 108 Å². The number of hydrogen-bond acceptors (Lipinski definition) is 19. The van der Waals surface area contributed by atoms with Crippen molar-refractivity contribution in [2.24, 2.45) is 0 Å². The predicted molar refractivity (Wildman–Crippen MR) is 582 cm³/mol. The van der Waals surface area contributed by atoms with Crippen LogP contribution in [-0.4, -0.2) is 118 Å². The van der Waals surface area contributed by atoms with Crippen LogP contribution in [0.1, 0.15) is 81.5 Å². The summed E-state index contributed by atoms with van der Waals surface area (Å²) in [6, 6.07) is 118. The molecule has 6 aliphatic heterocycles. The largest absolute Gasteiger partial charge is 0.488 e. The molecule has 25 rings (SSSR count). The van der Waals surface area contributed by atoms with Crippen molar-refractivity contribution in [2.75, 3.05) is 39.6 Å². The van der Waals surface area contributed by atoms with Crippen LogP contribution in [0.2, 0.25) is 0 Å². The number of rotatable bonds is 20. The highest BCUT2D eigenvalue weighted by atomic mass is 32.2. The summed E-state index contributed by atoms with van der Waals surface area (Å²) in [5, 5.41) is 10.1. The molecular weight excluding hydrogens is 1930 g/mol. The molecule has 0 saturated carbocycles. The van der Waals surface area contributed by atoms with E-state index in [1.807, 2.05) is 130 Å². The van der Waals surface area contributed by atoms with E-state index in [4.69, 9.17) is 61.6 Å². The third-order valence-corrected chi connectivity index (χ3v) is 37.8. The van der Waals surface area contributed by atoms with Crippen molar-refractivity contribution in [3.05, 3.63) is 362 Å². The van der Waals surface area contributed by atoms with Gasteiger partial charge in [-0.2, -0.15) is 0 Å². The molecule has 7 unspecified atom stereocenters. The highest BCUT2D eigenvalue weighted by molar-refractivity contribution is 7.97.